The molecule has 4 heterocycles. The molecule has 10 nitrogen and oxygen atoms in total. The lowest BCUT2D eigenvalue weighted by atomic mass is 9.81. The van der Waals surface area contributed by atoms with Crippen molar-refractivity contribution in [3.05, 3.63) is 150 Å². The molecule has 2 aliphatic rings. The number of halogens is 1. The molecule has 0 radical (unpaired) electrons. The monoisotopic (exact) mass is 816 g/mol. The van der Waals surface area contributed by atoms with Gasteiger partial charge in [-0.3, -0.25) is 9.59 Å². The lowest BCUT2D eigenvalue weighted by molar-refractivity contribution is 0.0989. The molecule has 0 aliphatic carbocycles. The highest BCUT2D eigenvalue weighted by molar-refractivity contribution is 9.10. The van der Waals surface area contributed by atoms with Crippen LogP contribution in [-0.4, -0.2) is 55.2 Å². The Balaban J connectivity index is 0.000000158. The lowest BCUT2D eigenvalue weighted by Crippen LogP contribution is -2.30. The molecule has 0 spiro atoms. The van der Waals surface area contributed by atoms with Crippen molar-refractivity contribution in [3.8, 4) is 11.3 Å². The number of anilines is 4. The summed E-state index contributed by atoms with van der Waals surface area (Å²) in [6, 6.07) is 41.3. The number of nitrogens with one attached hydrogen (secondary N) is 2. The van der Waals surface area contributed by atoms with Gasteiger partial charge in [-0.1, -0.05) is 84.9 Å². The molecule has 2 saturated heterocycles. The highest BCUT2D eigenvalue weighted by Gasteiger charge is 2.19. The molecule has 2 aliphatic heterocycles. The summed E-state index contributed by atoms with van der Waals surface area (Å²) in [5.74, 6) is 0.856. The van der Waals surface area contributed by atoms with Crippen LogP contribution in [0.5, 0.6) is 0 Å². The third kappa shape index (κ3) is 11.3. The SMILES string of the molecule is O=C(Nc1ccccc1N1CCCCC1)c1ccc(-c2ccccc2)o1.O=C(Nc1ccccc1N1CCCCC1)c1ccc(Br)o1.OB(O)c1ccccc1. The fourth-order valence-corrected chi connectivity index (χ4v) is 6.93. The molecule has 0 unspecified atom stereocenters. The summed E-state index contributed by atoms with van der Waals surface area (Å²) in [5, 5.41) is 23.1. The summed E-state index contributed by atoms with van der Waals surface area (Å²) in [7, 11) is -1.34. The normalized spacial score (nSPS) is 13.7. The second-order valence-electron chi connectivity index (χ2n) is 13.5. The Morgan fingerprint density at radius 1 is 0.536 bits per heavy atom. The molecule has 2 fully saturated rings. The van der Waals surface area contributed by atoms with Gasteiger partial charge in [0.2, 0.25) is 0 Å². The minimum absolute atomic E-state index is 0.225. The van der Waals surface area contributed by atoms with E-state index < -0.39 is 7.12 Å². The summed E-state index contributed by atoms with van der Waals surface area (Å²) < 4.78 is 11.6. The van der Waals surface area contributed by atoms with E-state index >= 15 is 0 Å². The van der Waals surface area contributed by atoms with Crippen LogP contribution in [0.1, 0.15) is 59.6 Å². The van der Waals surface area contributed by atoms with Crippen molar-refractivity contribution in [2.75, 3.05) is 46.6 Å². The molecule has 12 heteroatoms. The minimum atomic E-state index is -1.34. The van der Waals surface area contributed by atoms with Gasteiger partial charge in [0.05, 0.1) is 22.7 Å². The van der Waals surface area contributed by atoms with Crippen LogP contribution in [0.4, 0.5) is 22.7 Å². The van der Waals surface area contributed by atoms with Crippen LogP contribution in [0.15, 0.2) is 147 Å². The number of amides is 2. The molecule has 56 heavy (non-hydrogen) atoms. The van der Waals surface area contributed by atoms with Crippen LogP contribution in [0.25, 0.3) is 11.3 Å². The lowest BCUT2D eigenvalue weighted by Gasteiger charge is -2.30. The molecule has 8 rings (SSSR count). The van der Waals surface area contributed by atoms with Gasteiger partial charge in [0.25, 0.3) is 11.8 Å². The molecule has 0 saturated carbocycles. The molecule has 2 amide bonds. The van der Waals surface area contributed by atoms with Crippen molar-refractivity contribution in [2.45, 2.75) is 38.5 Å². The third-order valence-corrected chi connectivity index (χ3v) is 9.91. The number of hydrogen-bond donors (Lipinski definition) is 4. The minimum Gasteiger partial charge on any atom is -0.451 e. The van der Waals surface area contributed by atoms with Crippen LogP contribution in [-0.2, 0) is 0 Å². The molecule has 4 aromatic carbocycles. The van der Waals surface area contributed by atoms with Crippen molar-refractivity contribution < 1.29 is 28.5 Å². The topological polar surface area (TPSA) is 131 Å². The van der Waals surface area contributed by atoms with Gasteiger partial charge in [0.15, 0.2) is 16.2 Å². The zero-order valence-electron chi connectivity index (χ0n) is 31.1. The Hall–Kier alpha value is -5.56. The van der Waals surface area contributed by atoms with E-state index in [0.717, 1.165) is 54.5 Å². The van der Waals surface area contributed by atoms with Gasteiger partial charge in [-0.2, -0.15) is 0 Å². The first kappa shape index (κ1) is 40.1. The number of hydrogen-bond acceptors (Lipinski definition) is 8. The Bertz CT molecular complexity index is 2130. The van der Waals surface area contributed by atoms with E-state index in [-0.39, 0.29) is 11.8 Å². The first-order valence-electron chi connectivity index (χ1n) is 19.0. The fraction of sp³-hybridized carbons (Fsp3) is 0.227. The van der Waals surface area contributed by atoms with Crippen LogP contribution in [0, 0.1) is 0 Å². The van der Waals surface area contributed by atoms with E-state index in [9.17, 15) is 9.59 Å². The molecule has 0 atom stereocenters. The summed E-state index contributed by atoms with van der Waals surface area (Å²) >= 11 is 3.21. The number of nitrogens with zero attached hydrogens (tertiary/aromatic N) is 2. The van der Waals surface area contributed by atoms with Crippen molar-refractivity contribution in [1.29, 1.82) is 0 Å². The molecule has 0 bridgehead atoms. The third-order valence-electron chi connectivity index (χ3n) is 9.48. The highest BCUT2D eigenvalue weighted by Crippen LogP contribution is 2.31. The quantitative estimate of drug-likeness (QED) is 0.112. The summed E-state index contributed by atoms with van der Waals surface area (Å²) in [6.45, 7) is 4.15. The second-order valence-corrected chi connectivity index (χ2v) is 14.2. The predicted octanol–water partition coefficient (Wildman–Crippen LogP) is 8.84. The van der Waals surface area contributed by atoms with Crippen molar-refractivity contribution in [3.63, 3.8) is 0 Å². The van der Waals surface area contributed by atoms with E-state index in [2.05, 4.69) is 48.5 Å². The maximum absolute atomic E-state index is 12.7. The van der Waals surface area contributed by atoms with Gasteiger partial charge in [-0.15, -0.1) is 0 Å². The Morgan fingerprint density at radius 3 is 1.45 bits per heavy atom. The van der Waals surface area contributed by atoms with Gasteiger partial charge < -0.3 is 39.3 Å². The summed E-state index contributed by atoms with van der Waals surface area (Å²) in [6.07, 6.45) is 7.35. The van der Waals surface area contributed by atoms with Gasteiger partial charge in [-0.05, 0) is 108 Å². The average molecular weight is 818 g/mol. The van der Waals surface area contributed by atoms with Crippen molar-refractivity contribution in [2.24, 2.45) is 0 Å². The standard InChI is InChI=1S/C22H22N2O2.C16H17BrN2O2.C6H7BO2/c25-22(21-14-13-20(26-21)17-9-3-1-4-10-17)23-18-11-5-6-12-19(18)24-15-7-2-8-16-24;17-15-9-8-14(21-15)16(20)18-12-6-2-3-7-13(12)19-10-4-1-5-11-19;8-7(9)6-4-2-1-3-5-6/h1,3-6,9-14H,2,7-8,15-16H2,(H,23,25);2-3,6-9H,1,4-5,10-11H2,(H,18,20);1-5,8-9H. The fourth-order valence-electron chi connectivity index (χ4n) is 6.63. The molecule has 6 aromatic rings. The smallest absolute Gasteiger partial charge is 0.451 e. The molecular weight excluding hydrogens is 771 g/mol. The summed E-state index contributed by atoms with van der Waals surface area (Å²) in [4.78, 5) is 29.6. The molecule has 2 aromatic heterocycles. The number of piperidine rings is 2. The summed E-state index contributed by atoms with van der Waals surface area (Å²) in [5.41, 5.74) is 5.30. The number of rotatable bonds is 8. The van der Waals surface area contributed by atoms with Crippen LogP contribution in [0.2, 0.25) is 0 Å². The Labute approximate surface area is 336 Å². The van der Waals surface area contributed by atoms with Gasteiger partial charge in [0, 0.05) is 31.7 Å². The van der Waals surface area contributed by atoms with E-state index in [0.29, 0.717) is 27.4 Å². The number of furan rings is 2. The van der Waals surface area contributed by atoms with Gasteiger partial charge in [-0.25, -0.2) is 0 Å². The zero-order valence-corrected chi connectivity index (χ0v) is 32.7. The van der Waals surface area contributed by atoms with Crippen LogP contribution in [0.3, 0.4) is 0 Å². The van der Waals surface area contributed by atoms with E-state index in [1.165, 1.54) is 38.5 Å². The second kappa shape index (κ2) is 20.4. The van der Waals surface area contributed by atoms with E-state index in [4.69, 9.17) is 18.9 Å². The molecule has 4 N–H and O–H groups in total. The first-order valence-corrected chi connectivity index (χ1v) is 19.8. The van der Waals surface area contributed by atoms with Gasteiger partial charge in [0.1, 0.15) is 5.76 Å². The average Bonchev–Trinajstić information content (AvgIpc) is 3.93. The van der Waals surface area contributed by atoms with Crippen LogP contribution >= 0.6 is 15.9 Å². The first-order chi connectivity index (χ1) is 27.4. The largest absolute Gasteiger partial charge is 0.488 e. The van der Waals surface area contributed by atoms with Crippen LogP contribution < -0.4 is 25.9 Å². The molecular formula is C44H46BBrN4O6. The Kier molecular flexibility index (Phi) is 14.6. The van der Waals surface area contributed by atoms with E-state index in [1.54, 1.807) is 42.5 Å². The number of benzene rings is 4. The number of carbonyl (C=O) groups is 2. The maximum Gasteiger partial charge on any atom is 0.488 e. The Morgan fingerprint density at radius 2 is 0.982 bits per heavy atom. The number of para-hydroxylation sites is 4. The predicted molar refractivity (Wildman–Crippen MR) is 228 cm³/mol. The number of carbonyl (C=O) groups excluding carboxylic acids is 2. The van der Waals surface area contributed by atoms with E-state index in [1.807, 2.05) is 78.9 Å². The van der Waals surface area contributed by atoms with Crippen molar-refractivity contribution in [1.82, 2.24) is 0 Å². The molecule has 288 valence electrons. The van der Waals surface area contributed by atoms with Gasteiger partial charge >= 0.3 is 7.12 Å². The highest BCUT2D eigenvalue weighted by atomic mass is 79.9. The zero-order chi connectivity index (χ0) is 39.1. The van der Waals surface area contributed by atoms with Crippen molar-refractivity contribution >= 4 is 63.1 Å². The maximum atomic E-state index is 12.7.